The first-order valence-electron chi connectivity index (χ1n) is 8.95. The Morgan fingerprint density at radius 2 is 1.15 bits per heavy atom. The van der Waals surface area contributed by atoms with Gasteiger partial charge >= 0.3 is 168 Å². The number of nitrogens with zero attached hydrogens (tertiary/aromatic N) is 2. The summed E-state index contributed by atoms with van der Waals surface area (Å²) in [6.07, 6.45) is 0. The minimum absolute atomic E-state index is 1.07. The molecule has 0 amide bonds. The Bertz CT molecular complexity index is 1060. The van der Waals surface area contributed by atoms with Gasteiger partial charge in [-0.15, -0.1) is 0 Å². The number of para-hydroxylation sites is 1. The Balaban J connectivity index is 2.07. The van der Waals surface area contributed by atoms with E-state index in [1.165, 1.54) is 16.3 Å². The third kappa shape index (κ3) is 3.17. The van der Waals surface area contributed by atoms with Gasteiger partial charge in [-0.3, -0.25) is 0 Å². The van der Waals surface area contributed by atoms with Crippen LogP contribution in [0.15, 0.2) is 91.0 Å². The van der Waals surface area contributed by atoms with Gasteiger partial charge in [-0.1, -0.05) is 0 Å². The van der Waals surface area contributed by atoms with Crippen LogP contribution >= 0.6 is 5.51 Å². The zero-order chi connectivity index (χ0) is 18.9. The van der Waals surface area contributed by atoms with Gasteiger partial charge in [0.1, 0.15) is 0 Å². The van der Waals surface area contributed by atoms with Gasteiger partial charge in [0.15, 0.2) is 0 Å². The fourth-order valence-electron chi connectivity index (χ4n) is 3.35. The molecule has 0 fully saturated rings. The van der Waals surface area contributed by atoms with Crippen LogP contribution < -0.4 is 16.2 Å². The molecule has 0 aliphatic carbocycles. The van der Waals surface area contributed by atoms with Crippen molar-refractivity contribution in [1.82, 2.24) is 9.55 Å². The molecule has 0 saturated heterocycles. The molecule has 0 saturated carbocycles. The summed E-state index contributed by atoms with van der Waals surface area (Å²) >= 11 is 3.62. The van der Waals surface area contributed by atoms with Gasteiger partial charge in [0, 0.05) is 0 Å². The summed E-state index contributed by atoms with van der Waals surface area (Å²) in [4.78, 5) is 5.09. The second-order valence-electron chi connectivity index (χ2n) is 6.53. The van der Waals surface area contributed by atoms with Gasteiger partial charge in [-0.05, 0) is 0 Å². The molecular formula is C23H21N2PSe. The molecule has 1 heterocycles. The molecule has 3 aromatic carbocycles. The molecule has 0 aliphatic rings. The van der Waals surface area contributed by atoms with Crippen molar-refractivity contribution in [1.29, 1.82) is 0 Å². The average molecular weight is 435 g/mol. The quantitative estimate of drug-likeness (QED) is 0.352. The molecule has 0 unspecified atom stereocenters. The van der Waals surface area contributed by atoms with Gasteiger partial charge in [0.2, 0.25) is 0 Å². The van der Waals surface area contributed by atoms with Crippen LogP contribution in [0.2, 0.25) is 0 Å². The van der Waals surface area contributed by atoms with Crippen molar-refractivity contribution in [2.45, 2.75) is 13.8 Å². The first-order valence-corrected chi connectivity index (χ1v) is 13.0. The Labute approximate surface area is 168 Å². The van der Waals surface area contributed by atoms with Crippen LogP contribution in [0, 0.1) is 13.8 Å². The Kier molecular flexibility index (Phi) is 5.02. The van der Waals surface area contributed by atoms with Crippen molar-refractivity contribution >= 4 is 36.8 Å². The molecular weight excluding hydrogens is 414 g/mol. The summed E-state index contributed by atoms with van der Waals surface area (Å²) in [5.41, 5.74) is 2.49. The summed E-state index contributed by atoms with van der Waals surface area (Å²) in [7, 11) is 0. The molecule has 0 atom stereocenters. The van der Waals surface area contributed by atoms with Gasteiger partial charge in [0.05, 0.1) is 0 Å². The van der Waals surface area contributed by atoms with Crippen molar-refractivity contribution in [3.05, 3.63) is 102 Å². The van der Waals surface area contributed by atoms with Crippen LogP contribution in [0.4, 0.5) is 0 Å². The van der Waals surface area contributed by atoms with Crippen molar-refractivity contribution in [2.75, 3.05) is 0 Å². The molecule has 0 aliphatic heterocycles. The van der Waals surface area contributed by atoms with Crippen LogP contribution in [-0.2, 0) is 0 Å². The minimum atomic E-state index is -2.01. The molecule has 0 bridgehead atoms. The molecule has 0 N–H and O–H groups in total. The van der Waals surface area contributed by atoms with E-state index in [9.17, 15) is 0 Å². The number of hydrogen-bond acceptors (Lipinski definition) is 1. The van der Waals surface area contributed by atoms with Crippen LogP contribution in [0.5, 0.6) is 0 Å². The number of imidazole rings is 1. The maximum absolute atomic E-state index is 5.09. The van der Waals surface area contributed by atoms with Crippen molar-refractivity contribution in [2.24, 2.45) is 0 Å². The summed E-state index contributed by atoms with van der Waals surface area (Å²) < 4.78 is 2.32. The summed E-state index contributed by atoms with van der Waals surface area (Å²) in [6.45, 7) is 4.25. The number of aryl methyl sites for hydroxylation is 1. The predicted octanol–water partition coefficient (Wildman–Crippen LogP) is 3.87. The molecule has 134 valence electrons. The van der Waals surface area contributed by atoms with Crippen LogP contribution in [-0.4, -0.2) is 24.6 Å². The van der Waals surface area contributed by atoms with E-state index in [1.54, 1.807) is 0 Å². The summed E-state index contributed by atoms with van der Waals surface area (Å²) in [5.74, 6) is 0. The summed E-state index contributed by atoms with van der Waals surface area (Å²) in [5, 5.41) is 2.58. The molecule has 1 aromatic heterocycles. The van der Waals surface area contributed by atoms with Crippen molar-refractivity contribution in [3.8, 4) is 5.69 Å². The number of aromatic nitrogens is 2. The molecule has 4 heteroatoms. The van der Waals surface area contributed by atoms with Crippen molar-refractivity contribution < 1.29 is 0 Å². The fraction of sp³-hybridized carbons (Fsp3) is 0.0870. The van der Waals surface area contributed by atoms with Gasteiger partial charge in [-0.2, -0.15) is 0 Å². The number of rotatable bonds is 4. The monoisotopic (exact) mass is 436 g/mol. The van der Waals surface area contributed by atoms with Gasteiger partial charge in [0.25, 0.3) is 0 Å². The zero-order valence-corrected chi connectivity index (χ0v) is 18.0. The third-order valence-corrected chi connectivity index (χ3v) is 11.5. The average Bonchev–Trinajstić information content (AvgIpc) is 3.04. The molecule has 27 heavy (non-hydrogen) atoms. The second kappa shape index (κ2) is 7.44. The maximum atomic E-state index is 5.09. The standard InChI is InChI=1S/C23H21N2PSe/c1-18-19(2)25(20-12-6-3-7-13-20)23(24-18)26(27,21-14-8-4-9-15-21)22-16-10-5-11-17-22/h3-17H,1-2H3. The Morgan fingerprint density at radius 3 is 1.63 bits per heavy atom. The second-order valence-corrected chi connectivity index (χ2v) is 12.6. The predicted molar refractivity (Wildman–Crippen MR) is 117 cm³/mol. The van der Waals surface area contributed by atoms with Crippen LogP contribution in [0.1, 0.15) is 11.4 Å². The van der Waals surface area contributed by atoms with E-state index in [2.05, 4.69) is 125 Å². The molecule has 2 nitrogen and oxygen atoms in total. The van der Waals surface area contributed by atoms with E-state index in [4.69, 9.17) is 4.98 Å². The zero-order valence-electron chi connectivity index (χ0n) is 15.4. The Morgan fingerprint density at radius 1 is 0.704 bits per heavy atom. The van der Waals surface area contributed by atoms with E-state index >= 15 is 0 Å². The molecule has 0 spiro atoms. The third-order valence-electron chi connectivity index (χ3n) is 4.86. The first kappa shape index (κ1) is 18.2. The SMILES string of the molecule is Cc1nc(P(=[Se])(c2ccccc2)c2ccccc2)n(-c2ccccc2)c1C. The number of hydrogen-bond donors (Lipinski definition) is 0. The van der Waals surface area contributed by atoms with E-state index in [0.29, 0.717) is 0 Å². The van der Waals surface area contributed by atoms with Crippen LogP contribution in [0.25, 0.3) is 5.69 Å². The van der Waals surface area contributed by atoms with Crippen LogP contribution in [0.3, 0.4) is 0 Å². The molecule has 4 rings (SSSR count). The van der Waals surface area contributed by atoms with E-state index in [1.807, 2.05) is 0 Å². The normalized spacial score (nSPS) is 11.5. The molecule has 0 radical (unpaired) electrons. The van der Waals surface area contributed by atoms with E-state index < -0.39 is 5.51 Å². The van der Waals surface area contributed by atoms with Gasteiger partial charge in [-0.25, -0.2) is 0 Å². The molecule has 4 aromatic rings. The topological polar surface area (TPSA) is 17.8 Å². The summed E-state index contributed by atoms with van der Waals surface area (Å²) in [6, 6.07) is 32.0. The Hall–Kier alpha value is -2.18. The van der Waals surface area contributed by atoms with E-state index in [-0.39, 0.29) is 0 Å². The van der Waals surface area contributed by atoms with Crippen molar-refractivity contribution in [3.63, 3.8) is 0 Å². The number of benzene rings is 3. The fourth-order valence-corrected chi connectivity index (χ4v) is 8.43. The van der Waals surface area contributed by atoms with Gasteiger partial charge < -0.3 is 0 Å². The van der Waals surface area contributed by atoms with E-state index in [0.717, 1.165) is 16.9 Å². The first-order chi connectivity index (χ1) is 13.1.